The van der Waals surface area contributed by atoms with Gasteiger partial charge in [0.25, 0.3) is 0 Å². The molecule has 0 aromatic heterocycles. The van der Waals surface area contributed by atoms with Crippen LogP contribution in [0.25, 0.3) is 0 Å². The quantitative estimate of drug-likeness (QED) is 0.726. The minimum atomic E-state index is 0.204. The van der Waals surface area contributed by atoms with Gasteiger partial charge in [0.2, 0.25) is 0 Å². The van der Waals surface area contributed by atoms with Crippen LogP contribution in [0, 0.1) is 24.7 Å². The lowest BCUT2D eigenvalue weighted by Gasteiger charge is -2.14. The van der Waals surface area contributed by atoms with Crippen LogP contribution < -0.4 is 4.74 Å². The molecule has 0 bridgehead atoms. The van der Waals surface area contributed by atoms with Crippen LogP contribution >= 0.6 is 11.6 Å². The number of benzene rings is 1. The highest BCUT2D eigenvalue weighted by molar-refractivity contribution is 6.21. The number of alkyl halides is 1. The topological polar surface area (TPSA) is 9.23 Å². The lowest BCUT2D eigenvalue weighted by molar-refractivity contribution is 0.411. The van der Waals surface area contributed by atoms with Crippen molar-refractivity contribution in [3.8, 4) is 5.75 Å². The number of hydrogen-bond donors (Lipinski definition) is 0. The Morgan fingerprint density at radius 3 is 2.59 bits per heavy atom. The summed E-state index contributed by atoms with van der Waals surface area (Å²) in [7, 11) is 1.71. The minimum absolute atomic E-state index is 0.204. The van der Waals surface area contributed by atoms with Crippen LogP contribution in [-0.4, -0.2) is 7.11 Å². The number of fused-ring (bicyclic) bond motifs is 1. The van der Waals surface area contributed by atoms with Gasteiger partial charge < -0.3 is 4.74 Å². The highest BCUT2D eigenvalue weighted by atomic mass is 35.5. The highest BCUT2D eigenvalue weighted by Crippen LogP contribution is 2.63. The summed E-state index contributed by atoms with van der Waals surface area (Å²) < 4.78 is 5.29. The summed E-state index contributed by atoms with van der Waals surface area (Å²) in [5, 5.41) is 0.204. The summed E-state index contributed by atoms with van der Waals surface area (Å²) in [6, 6.07) is 6.35. The van der Waals surface area contributed by atoms with Crippen LogP contribution in [0.15, 0.2) is 18.2 Å². The molecule has 1 aromatic carbocycles. The van der Waals surface area contributed by atoms with Crippen LogP contribution in [0.4, 0.5) is 0 Å². The first-order valence-electron chi connectivity index (χ1n) is 6.51. The van der Waals surface area contributed by atoms with Gasteiger partial charge in [0.05, 0.1) is 12.5 Å². The van der Waals surface area contributed by atoms with E-state index in [0.29, 0.717) is 0 Å². The van der Waals surface area contributed by atoms with E-state index in [1.54, 1.807) is 7.11 Å². The zero-order chi connectivity index (χ0) is 12.0. The van der Waals surface area contributed by atoms with Gasteiger partial charge in [0.15, 0.2) is 0 Å². The van der Waals surface area contributed by atoms with Crippen molar-refractivity contribution < 1.29 is 4.74 Å². The summed E-state index contributed by atoms with van der Waals surface area (Å²) >= 11 is 6.63. The second-order valence-corrected chi connectivity index (χ2v) is 5.94. The zero-order valence-electron chi connectivity index (χ0n) is 10.4. The van der Waals surface area contributed by atoms with Crippen LogP contribution in [-0.2, 0) is 0 Å². The Hall–Kier alpha value is -0.690. The molecule has 2 aliphatic carbocycles. The Morgan fingerprint density at radius 2 is 2.00 bits per heavy atom. The fraction of sp³-hybridized carbons (Fsp3) is 0.600. The fourth-order valence-electron chi connectivity index (χ4n) is 3.61. The second kappa shape index (κ2) is 4.20. The van der Waals surface area contributed by atoms with E-state index >= 15 is 0 Å². The van der Waals surface area contributed by atoms with Crippen molar-refractivity contribution in [3.05, 3.63) is 29.3 Å². The first-order valence-corrected chi connectivity index (χ1v) is 6.94. The van der Waals surface area contributed by atoms with Crippen molar-refractivity contribution in [1.29, 1.82) is 0 Å². The molecule has 0 amide bonds. The molecule has 3 unspecified atom stereocenters. The molecule has 17 heavy (non-hydrogen) atoms. The van der Waals surface area contributed by atoms with Gasteiger partial charge in [-0.25, -0.2) is 0 Å². The van der Waals surface area contributed by atoms with E-state index < -0.39 is 0 Å². The summed E-state index contributed by atoms with van der Waals surface area (Å²) in [5.41, 5.74) is 2.45. The van der Waals surface area contributed by atoms with Crippen LogP contribution in [0.5, 0.6) is 5.75 Å². The predicted octanol–water partition coefficient (Wildman–Crippen LogP) is 4.33. The monoisotopic (exact) mass is 250 g/mol. The maximum absolute atomic E-state index is 6.63. The first kappa shape index (κ1) is 11.4. The van der Waals surface area contributed by atoms with Gasteiger partial charge in [-0.2, -0.15) is 0 Å². The zero-order valence-corrected chi connectivity index (χ0v) is 11.2. The fourth-order valence-corrected chi connectivity index (χ4v) is 4.12. The van der Waals surface area contributed by atoms with Crippen molar-refractivity contribution in [3.63, 3.8) is 0 Å². The van der Waals surface area contributed by atoms with E-state index in [9.17, 15) is 0 Å². The van der Waals surface area contributed by atoms with E-state index in [2.05, 4.69) is 19.1 Å². The van der Waals surface area contributed by atoms with E-state index in [0.717, 1.165) is 23.5 Å². The van der Waals surface area contributed by atoms with Crippen molar-refractivity contribution >= 4 is 11.6 Å². The van der Waals surface area contributed by atoms with E-state index in [1.807, 2.05) is 6.07 Å². The van der Waals surface area contributed by atoms with Gasteiger partial charge in [0.1, 0.15) is 5.75 Å². The van der Waals surface area contributed by atoms with Gasteiger partial charge in [-0.3, -0.25) is 0 Å². The normalized spacial score (nSPS) is 32.1. The lowest BCUT2D eigenvalue weighted by atomic mass is 10.0. The van der Waals surface area contributed by atoms with Crippen molar-refractivity contribution in [1.82, 2.24) is 0 Å². The Balaban J connectivity index is 1.78. The molecule has 2 fully saturated rings. The molecule has 92 valence electrons. The number of aryl methyl sites for hydroxylation is 1. The summed E-state index contributed by atoms with van der Waals surface area (Å²) in [5.74, 6) is 3.52. The number of hydrogen-bond acceptors (Lipinski definition) is 1. The maximum atomic E-state index is 6.63. The molecule has 0 N–H and O–H groups in total. The van der Waals surface area contributed by atoms with Crippen molar-refractivity contribution in [2.75, 3.05) is 7.11 Å². The van der Waals surface area contributed by atoms with E-state index in [1.165, 1.54) is 30.4 Å². The smallest absolute Gasteiger partial charge is 0.121 e. The predicted molar refractivity (Wildman–Crippen MR) is 70.6 cm³/mol. The molecule has 2 saturated carbocycles. The average molecular weight is 251 g/mol. The van der Waals surface area contributed by atoms with Crippen LogP contribution in [0.3, 0.4) is 0 Å². The standard InChI is InChI=1S/C15H19ClO/c1-9-8-10(6-7-13(9)17-2)15(16)14-11-4-3-5-12(11)14/h6-8,11-12,14-15H,3-5H2,1-2H3. The van der Waals surface area contributed by atoms with E-state index in [-0.39, 0.29) is 5.38 Å². The van der Waals surface area contributed by atoms with E-state index in [4.69, 9.17) is 16.3 Å². The largest absolute Gasteiger partial charge is 0.496 e. The Bertz CT molecular complexity index is 419. The molecule has 2 aliphatic rings. The molecule has 0 saturated heterocycles. The highest BCUT2D eigenvalue weighted by Gasteiger charge is 2.55. The molecule has 1 aromatic rings. The lowest BCUT2D eigenvalue weighted by Crippen LogP contribution is -1.99. The Labute approximate surface area is 108 Å². The number of rotatable bonds is 3. The Morgan fingerprint density at radius 1 is 1.29 bits per heavy atom. The number of halogens is 1. The first-order chi connectivity index (χ1) is 8.22. The summed E-state index contributed by atoms with van der Waals surface area (Å²) in [6.45, 7) is 2.08. The molecule has 1 nitrogen and oxygen atoms in total. The third-order valence-corrected chi connectivity index (χ3v) is 5.09. The van der Waals surface area contributed by atoms with Crippen molar-refractivity contribution in [2.45, 2.75) is 31.6 Å². The molecule has 0 aliphatic heterocycles. The van der Waals surface area contributed by atoms with Crippen LogP contribution in [0.2, 0.25) is 0 Å². The Kier molecular flexibility index (Phi) is 2.82. The molecule has 2 heteroatoms. The number of methoxy groups -OCH3 is 1. The molecule has 3 atom stereocenters. The van der Waals surface area contributed by atoms with Crippen molar-refractivity contribution in [2.24, 2.45) is 17.8 Å². The van der Waals surface area contributed by atoms with Gasteiger partial charge in [0, 0.05) is 0 Å². The molecule has 0 heterocycles. The summed E-state index contributed by atoms with van der Waals surface area (Å²) in [6.07, 6.45) is 4.21. The third kappa shape index (κ3) is 1.85. The SMILES string of the molecule is COc1ccc(C(Cl)C2C3CCCC32)cc1C. The summed E-state index contributed by atoms with van der Waals surface area (Å²) in [4.78, 5) is 0. The van der Waals surface area contributed by atoms with Gasteiger partial charge in [-0.15, -0.1) is 11.6 Å². The maximum Gasteiger partial charge on any atom is 0.121 e. The third-order valence-electron chi connectivity index (χ3n) is 4.55. The van der Waals surface area contributed by atoms with Gasteiger partial charge in [-0.1, -0.05) is 18.6 Å². The average Bonchev–Trinajstić information content (AvgIpc) is 2.81. The van der Waals surface area contributed by atoms with Gasteiger partial charge in [-0.05, 0) is 54.7 Å². The second-order valence-electron chi connectivity index (χ2n) is 5.47. The van der Waals surface area contributed by atoms with Gasteiger partial charge >= 0.3 is 0 Å². The molecule has 0 radical (unpaired) electrons. The molecule has 3 rings (SSSR count). The molecular formula is C15H19ClO. The number of ether oxygens (including phenoxy) is 1. The molecular weight excluding hydrogens is 232 g/mol. The molecule has 0 spiro atoms. The van der Waals surface area contributed by atoms with Crippen LogP contribution in [0.1, 0.15) is 35.8 Å². The minimum Gasteiger partial charge on any atom is -0.496 e.